The Bertz CT molecular complexity index is 606. The molecule has 4 nitrogen and oxygen atoms in total. The second-order valence-electron chi connectivity index (χ2n) is 5.42. The van der Waals surface area contributed by atoms with Gasteiger partial charge in [0.05, 0.1) is 11.9 Å². The predicted molar refractivity (Wildman–Crippen MR) is 96.6 cm³/mol. The van der Waals surface area contributed by atoms with Crippen molar-refractivity contribution in [1.29, 1.82) is 0 Å². The van der Waals surface area contributed by atoms with Gasteiger partial charge in [0.25, 0.3) is 0 Å². The molecule has 0 radical (unpaired) electrons. The van der Waals surface area contributed by atoms with E-state index in [-0.39, 0.29) is 0 Å². The van der Waals surface area contributed by atoms with E-state index in [1.807, 2.05) is 12.1 Å². The number of aromatic nitrogens is 1. The molecule has 0 spiro atoms. The number of benzene rings is 1. The maximum atomic E-state index is 5.32. The summed E-state index contributed by atoms with van der Waals surface area (Å²) in [6.45, 7) is 2.32. The minimum atomic E-state index is 0.568. The summed E-state index contributed by atoms with van der Waals surface area (Å²) < 4.78 is 0. The van der Waals surface area contributed by atoms with Gasteiger partial charge in [0.2, 0.25) is 0 Å². The fraction of sp³-hybridized carbons (Fsp3) is 0.294. The van der Waals surface area contributed by atoms with Crippen molar-refractivity contribution in [3.8, 4) is 0 Å². The van der Waals surface area contributed by atoms with Crippen molar-refractivity contribution in [3.05, 3.63) is 48.8 Å². The van der Waals surface area contributed by atoms with Gasteiger partial charge in [0, 0.05) is 30.7 Å². The predicted octanol–water partition coefficient (Wildman–Crippen LogP) is 3.88. The second-order valence-corrected chi connectivity index (χ2v) is 5.82. The van der Waals surface area contributed by atoms with Crippen LogP contribution in [0.3, 0.4) is 0 Å². The fourth-order valence-corrected chi connectivity index (χ4v) is 2.87. The summed E-state index contributed by atoms with van der Waals surface area (Å²) >= 11 is 5.32. The maximum Gasteiger partial charge on any atom is 0.175 e. The van der Waals surface area contributed by atoms with Crippen LogP contribution in [0, 0.1) is 0 Å². The summed E-state index contributed by atoms with van der Waals surface area (Å²) in [7, 11) is 0. The van der Waals surface area contributed by atoms with E-state index in [9.17, 15) is 0 Å². The van der Waals surface area contributed by atoms with Crippen LogP contribution in [-0.2, 0) is 0 Å². The number of nitrogens with zero attached hydrogens (tertiary/aromatic N) is 2. The molecule has 3 rings (SSSR count). The van der Waals surface area contributed by atoms with E-state index in [0.29, 0.717) is 5.11 Å². The average molecular weight is 312 g/mol. The molecule has 114 valence electrons. The van der Waals surface area contributed by atoms with Gasteiger partial charge < -0.3 is 15.5 Å². The third-order valence-electron chi connectivity index (χ3n) is 3.77. The summed E-state index contributed by atoms with van der Waals surface area (Å²) in [6, 6.07) is 12.3. The van der Waals surface area contributed by atoms with E-state index >= 15 is 0 Å². The minimum Gasteiger partial charge on any atom is -0.372 e. The molecule has 0 atom stereocenters. The highest BCUT2D eigenvalue weighted by atomic mass is 32.1. The van der Waals surface area contributed by atoms with Crippen LogP contribution in [0.5, 0.6) is 0 Å². The van der Waals surface area contributed by atoms with Crippen molar-refractivity contribution in [2.75, 3.05) is 28.6 Å². The number of hydrogen-bond acceptors (Lipinski definition) is 3. The van der Waals surface area contributed by atoms with Crippen LogP contribution in [0.2, 0.25) is 0 Å². The van der Waals surface area contributed by atoms with Crippen LogP contribution in [0.1, 0.15) is 19.3 Å². The van der Waals surface area contributed by atoms with Crippen LogP contribution < -0.4 is 15.5 Å². The maximum absolute atomic E-state index is 5.32. The van der Waals surface area contributed by atoms with E-state index in [0.717, 1.165) is 24.5 Å². The van der Waals surface area contributed by atoms with Crippen LogP contribution in [0.15, 0.2) is 48.8 Å². The lowest BCUT2D eigenvalue weighted by Crippen LogP contribution is -2.29. The van der Waals surface area contributed by atoms with E-state index < -0.39 is 0 Å². The Morgan fingerprint density at radius 3 is 2.36 bits per heavy atom. The Kier molecular flexibility index (Phi) is 4.85. The number of piperidine rings is 1. The third kappa shape index (κ3) is 3.95. The van der Waals surface area contributed by atoms with Gasteiger partial charge in [-0.25, -0.2) is 0 Å². The van der Waals surface area contributed by atoms with Gasteiger partial charge in [-0.05, 0) is 67.9 Å². The quantitative estimate of drug-likeness (QED) is 0.842. The number of anilines is 3. The SMILES string of the molecule is S=C(Nc1ccc(N2CCCCC2)cc1)Nc1cccnc1. The number of thiocarbonyl (C=S) groups is 1. The molecule has 1 aliphatic heterocycles. The van der Waals surface area contributed by atoms with Crippen molar-refractivity contribution in [1.82, 2.24) is 4.98 Å². The van der Waals surface area contributed by atoms with Gasteiger partial charge in [-0.1, -0.05) is 0 Å². The summed E-state index contributed by atoms with van der Waals surface area (Å²) in [4.78, 5) is 6.50. The van der Waals surface area contributed by atoms with Gasteiger partial charge in [0.15, 0.2) is 5.11 Å². The van der Waals surface area contributed by atoms with Crippen molar-refractivity contribution in [2.45, 2.75) is 19.3 Å². The highest BCUT2D eigenvalue weighted by Gasteiger charge is 2.10. The first-order chi connectivity index (χ1) is 10.8. The zero-order valence-electron chi connectivity index (χ0n) is 12.5. The van der Waals surface area contributed by atoms with Gasteiger partial charge in [0.1, 0.15) is 0 Å². The molecule has 22 heavy (non-hydrogen) atoms. The van der Waals surface area contributed by atoms with Crippen LogP contribution >= 0.6 is 12.2 Å². The van der Waals surface area contributed by atoms with E-state index in [1.165, 1.54) is 24.9 Å². The second kappa shape index (κ2) is 7.22. The summed E-state index contributed by atoms with van der Waals surface area (Å²) in [5, 5.41) is 6.88. The molecule has 0 amide bonds. The molecule has 2 heterocycles. The molecule has 0 aliphatic carbocycles. The van der Waals surface area contributed by atoms with Gasteiger partial charge in [-0.2, -0.15) is 0 Å². The van der Waals surface area contributed by atoms with Gasteiger partial charge >= 0.3 is 0 Å². The van der Waals surface area contributed by atoms with E-state index in [1.54, 1.807) is 12.4 Å². The first kappa shape index (κ1) is 14.8. The number of rotatable bonds is 3. The van der Waals surface area contributed by atoms with Crippen molar-refractivity contribution in [3.63, 3.8) is 0 Å². The smallest absolute Gasteiger partial charge is 0.175 e. The average Bonchev–Trinajstić information content (AvgIpc) is 2.57. The van der Waals surface area contributed by atoms with Gasteiger partial charge in [-0.3, -0.25) is 4.98 Å². The topological polar surface area (TPSA) is 40.2 Å². The fourth-order valence-electron chi connectivity index (χ4n) is 2.64. The van der Waals surface area contributed by atoms with Crippen LogP contribution in [0.4, 0.5) is 17.1 Å². The van der Waals surface area contributed by atoms with Crippen molar-refractivity contribution < 1.29 is 0 Å². The first-order valence-electron chi connectivity index (χ1n) is 7.64. The summed E-state index contributed by atoms with van der Waals surface area (Å²) in [5.41, 5.74) is 3.16. The van der Waals surface area contributed by atoms with E-state index in [2.05, 4.69) is 44.8 Å². The third-order valence-corrected chi connectivity index (χ3v) is 3.97. The minimum absolute atomic E-state index is 0.568. The van der Waals surface area contributed by atoms with Gasteiger partial charge in [-0.15, -0.1) is 0 Å². The molecule has 1 aromatic carbocycles. The molecule has 0 bridgehead atoms. The summed E-state index contributed by atoms with van der Waals surface area (Å²) in [6.07, 6.45) is 7.41. The molecule has 1 fully saturated rings. The molecule has 2 N–H and O–H groups in total. The molecule has 0 unspecified atom stereocenters. The monoisotopic (exact) mass is 312 g/mol. The molecule has 5 heteroatoms. The highest BCUT2D eigenvalue weighted by Crippen LogP contribution is 2.21. The lowest BCUT2D eigenvalue weighted by Gasteiger charge is -2.28. The Morgan fingerprint density at radius 2 is 1.68 bits per heavy atom. The molecule has 1 aliphatic rings. The first-order valence-corrected chi connectivity index (χ1v) is 8.05. The Labute approximate surface area is 136 Å². The lowest BCUT2D eigenvalue weighted by atomic mass is 10.1. The largest absolute Gasteiger partial charge is 0.372 e. The van der Waals surface area contributed by atoms with Crippen LogP contribution in [-0.4, -0.2) is 23.2 Å². The van der Waals surface area contributed by atoms with Crippen molar-refractivity contribution >= 4 is 34.4 Å². The highest BCUT2D eigenvalue weighted by molar-refractivity contribution is 7.80. The number of nitrogens with one attached hydrogen (secondary N) is 2. The van der Waals surface area contributed by atoms with Crippen LogP contribution in [0.25, 0.3) is 0 Å². The molecule has 1 saturated heterocycles. The molecular weight excluding hydrogens is 292 g/mol. The summed E-state index contributed by atoms with van der Waals surface area (Å²) in [5.74, 6) is 0. The standard InChI is InChI=1S/C17H20N4S/c22-17(20-15-5-4-10-18-13-15)19-14-6-8-16(9-7-14)21-11-2-1-3-12-21/h4-10,13H,1-3,11-12H2,(H2,19,20,22). The Balaban J connectivity index is 1.57. The molecule has 0 saturated carbocycles. The Morgan fingerprint density at radius 1 is 0.955 bits per heavy atom. The molecular formula is C17H20N4S. The zero-order chi connectivity index (χ0) is 15.2. The molecule has 1 aromatic heterocycles. The number of hydrogen-bond donors (Lipinski definition) is 2. The normalized spacial score (nSPS) is 14.5. The van der Waals surface area contributed by atoms with Crippen molar-refractivity contribution in [2.24, 2.45) is 0 Å². The van der Waals surface area contributed by atoms with E-state index in [4.69, 9.17) is 12.2 Å². The lowest BCUT2D eigenvalue weighted by molar-refractivity contribution is 0.578. The number of pyridine rings is 1. The Hall–Kier alpha value is -2.14. The zero-order valence-corrected chi connectivity index (χ0v) is 13.3. The molecule has 2 aromatic rings.